The van der Waals surface area contributed by atoms with Crippen LogP contribution in [0.2, 0.25) is 10.0 Å². The molecule has 0 heterocycles. The summed E-state index contributed by atoms with van der Waals surface area (Å²) in [6.07, 6.45) is 5.57. The predicted octanol–water partition coefficient (Wildman–Crippen LogP) is 5.41. The lowest BCUT2D eigenvalue weighted by molar-refractivity contribution is -0.140. The first-order chi connectivity index (χ1) is 15.4. The van der Waals surface area contributed by atoms with Gasteiger partial charge in [0.2, 0.25) is 11.8 Å². The van der Waals surface area contributed by atoms with E-state index in [-0.39, 0.29) is 30.8 Å². The van der Waals surface area contributed by atoms with Crippen molar-refractivity contribution in [3.8, 4) is 5.75 Å². The zero-order chi connectivity index (χ0) is 23.1. The molecule has 3 rings (SSSR count). The topological polar surface area (TPSA) is 58.6 Å². The Morgan fingerprint density at radius 1 is 1.06 bits per heavy atom. The number of nitrogens with one attached hydrogen (secondary N) is 1. The van der Waals surface area contributed by atoms with Gasteiger partial charge in [0.15, 0.2) is 0 Å². The van der Waals surface area contributed by atoms with Gasteiger partial charge in [0.1, 0.15) is 11.8 Å². The van der Waals surface area contributed by atoms with Gasteiger partial charge in [-0.3, -0.25) is 9.59 Å². The first-order valence-corrected chi connectivity index (χ1v) is 11.8. The largest absolute Gasteiger partial charge is 0.497 e. The molecule has 0 spiro atoms. The number of carbonyl (C=O) groups is 2. The van der Waals surface area contributed by atoms with E-state index in [4.69, 9.17) is 27.9 Å². The van der Waals surface area contributed by atoms with Crippen LogP contribution in [0.4, 0.5) is 0 Å². The van der Waals surface area contributed by atoms with Crippen LogP contribution in [-0.4, -0.2) is 35.9 Å². The Kier molecular flexibility index (Phi) is 8.83. The molecule has 1 saturated carbocycles. The molecule has 32 heavy (non-hydrogen) atoms. The third kappa shape index (κ3) is 6.39. The van der Waals surface area contributed by atoms with Gasteiger partial charge in [0.25, 0.3) is 0 Å². The lowest BCUT2D eigenvalue weighted by Gasteiger charge is -2.31. The van der Waals surface area contributed by atoms with Crippen molar-refractivity contribution in [2.75, 3.05) is 7.11 Å². The maximum Gasteiger partial charge on any atom is 0.242 e. The van der Waals surface area contributed by atoms with Gasteiger partial charge in [0.05, 0.1) is 13.5 Å². The number of hydrogen-bond donors (Lipinski definition) is 1. The molecule has 2 aromatic carbocycles. The highest BCUT2D eigenvalue weighted by Crippen LogP contribution is 2.27. The molecule has 0 aromatic heterocycles. The molecule has 5 nitrogen and oxygen atoms in total. The summed E-state index contributed by atoms with van der Waals surface area (Å²) in [5, 5.41) is 4.08. The fraction of sp³-hybridized carbons (Fsp3) is 0.440. The van der Waals surface area contributed by atoms with Gasteiger partial charge in [-0.15, -0.1) is 0 Å². The van der Waals surface area contributed by atoms with Crippen LogP contribution in [0.3, 0.4) is 0 Å². The van der Waals surface area contributed by atoms with Crippen molar-refractivity contribution in [1.29, 1.82) is 0 Å². The zero-order valence-electron chi connectivity index (χ0n) is 18.6. The van der Waals surface area contributed by atoms with Crippen molar-refractivity contribution in [3.63, 3.8) is 0 Å². The van der Waals surface area contributed by atoms with Crippen LogP contribution in [0.25, 0.3) is 0 Å². The zero-order valence-corrected chi connectivity index (χ0v) is 20.1. The molecule has 1 N–H and O–H groups in total. The molecule has 0 radical (unpaired) electrons. The van der Waals surface area contributed by atoms with Crippen LogP contribution < -0.4 is 10.1 Å². The van der Waals surface area contributed by atoms with Crippen molar-refractivity contribution >= 4 is 35.0 Å². The molecule has 1 aliphatic carbocycles. The fourth-order valence-corrected chi connectivity index (χ4v) is 4.54. The highest BCUT2D eigenvalue weighted by Gasteiger charge is 2.29. The van der Waals surface area contributed by atoms with Crippen molar-refractivity contribution in [3.05, 3.63) is 63.6 Å². The number of carbonyl (C=O) groups excluding carboxylic acids is 2. The number of benzene rings is 2. The molecule has 172 valence electrons. The number of ether oxygens (including phenoxy) is 1. The highest BCUT2D eigenvalue weighted by atomic mass is 35.5. The molecule has 0 saturated heterocycles. The maximum absolute atomic E-state index is 13.4. The number of amides is 2. The summed E-state index contributed by atoms with van der Waals surface area (Å²) in [6, 6.07) is 12.1. The molecule has 0 bridgehead atoms. The molecule has 7 heteroatoms. The lowest BCUT2D eigenvalue weighted by atomic mass is 9.95. The number of halogens is 2. The average molecular weight is 477 g/mol. The second-order valence-electron chi connectivity index (χ2n) is 8.27. The van der Waals surface area contributed by atoms with Crippen molar-refractivity contribution in [2.24, 2.45) is 0 Å². The summed E-state index contributed by atoms with van der Waals surface area (Å²) in [5.74, 6) is 0.404. The molecule has 2 amide bonds. The summed E-state index contributed by atoms with van der Waals surface area (Å²) >= 11 is 12.7. The third-order valence-electron chi connectivity index (χ3n) is 6.02. The highest BCUT2D eigenvalue weighted by molar-refractivity contribution is 6.36. The van der Waals surface area contributed by atoms with E-state index in [9.17, 15) is 9.59 Å². The molecule has 1 atom stereocenters. The minimum atomic E-state index is -0.657. The average Bonchev–Trinajstić information content (AvgIpc) is 2.79. The predicted molar refractivity (Wildman–Crippen MR) is 128 cm³/mol. The maximum atomic E-state index is 13.4. The normalized spacial score (nSPS) is 15.1. The lowest BCUT2D eigenvalue weighted by Crippen LogP contribution is -2.50. The molecule has 1 unspecified atom stereocenters. The Morgan fingerprint density at radius 3 is 2.28 bits per heavy atom. The second kappa shape index (κ2) is 11.6. The van der Waals surface area contributed by atoms with E-state index in [1.54, 1.807) is 37.1 Å². The first-order valence-electron chi connectivity index (χ1n) is 11.0. The minimum absolute atomic E-state index is 0.150. The van der Waals surface area contributed by atoms with Gasteiger partial charge in [-0.1, -0.05) is 60.7 Å². The molecular weight excluding hydrogens is 447 g/mol. The Bertz CT molecular complexity index is 907. The number of hydrogen-bond acceptors (Lipinski definition) is 3. The SMILES string of the molecule is COc1ccc(CC(=O)N(Cc2c(Cl)cccc2Cl)C(C)C(=O)NC2CCCCC2)cc1. The molecular formula is C25H30Cl2N2O3. The number of rotatable bonds is 8. The van der Waals surface area contributed by atoms with Gasteiger partial charge < -0.3 is 15.0 Å². The second-order valence-corrected chi connectivity index (χ2v) is 9.08. The van der Waals surface area contributed by atoms with Crippen LogP contribution in [-0.2, 0) is 22.6 Å². The van der Waals surface area contributed by atoms with Crippen LogP contribution in [0, 0.1) is 0 Å². The van der Waals surface area contributed by atoms with Gasteiger partial charge in [0, 0.05) is 28.2 Å². The van der Waals surface area contributed by atoms with E-state index in [1.165, 1.54) is 6.42 Å². The molecule has 2 aromatic rings. The quantitative estimate of drug-likeness (QED) is 0.553. The van der Waals surface area contributed by atoms with E-state index in [0.29, 0.717) is 15.6 Å². The van der Waals surface area contributed by atoms with E-state index < -0.39 is 6.04 Å². The Hall–Kier alpha value is -2.24. The summed E-state index contributed by atoms with van der Waals surface area (Å²) in [6.45, 7) is 1.92. The number of methoxy groups -OCH3 is 1. The van der Waals surface area contributed by atoms with E-state index in [0.717, 1.165) is 37.0 Å². The van der Waals surface area contributed by atoms with Crippen LogP contribution in [0.1, 0.15) is 50.2 Å². The van der Waals surface area contributed by atoms with Crippen molar-refractivity contribution < 1.29 is 14.3 Å². The van der Waals surface area contributed by atoms with Gasteiger partial charge in [-0.05, 0) is 49.6 Å². The Morgan fingerprint density at radius 2 is 1.69 bits per heavy atom. The number of nitrogens with zero attached hydrogens (tertiary/aromatic N) is 1. The van der Waals surface area contributed by atoms with Gasteiger partial charge in [-0.2, -0.15) is 0 Å². The van der Waals surface area contributed by atoms with Crippen molar-refractivity contribution in [1.82, 2.24) is 10.2 Å². The summed E-state index contributed by atoms with van der Waals surface area (Å²) in [7, 11) is 1.60. The van der Waals surface area contributed by atoms with Crippen LogP contribution in [0.15, 0.2) is 42.5 Å². The Labute approximate surface area is 200 Å². The third-order valence-corrected chi connectivity index (χ3v) is 6.73. The molecule has 1 fully saturated rings. The van der Waals surface area contributed by atoms with E-state index >= 15 is 0 Å². The smallest absolute Gasteiger partial charge is 0.242 e. The monoisotopic (exact) mass is 476 g/mol. The first kappa shape index (κ1) is 24.4. The Balaban J connectivity index is 1.80. The van der Waals surface area contributed by atoms with Crippen LogP contribution in [0.5, 0.6) is 5.75 Å². The summed E-state index contributed by atoms with van der Waals surface area (Å²) < 4.78 is 5.19. The van der Waals surface area contributed by atoms with E-state index in [1.807, 2.05) is 24.3 Å². The van der Waals surface area contributed by atoms with Crippen molar-refractivity contribution in [2.45, 2.75) is 64.1 Å². The summed E-state index contributed by atoms with van der Waals surface area (Å²) in [4.78, 5) is 28.0. The van der Waals surface area contributed by atoms with E-state index in [2.05, 4.69) is 5.32 Å². The van der Waals surface area contributed by atoms with Crippen LogP contribution >= 0.6 is 23.2 Å². The molecule has 1 aliphatic rings. The van der Waals surface area contributed by atoms with Gasteiger partial charge >= 0.3 is 0 Å². The minimum Gasteiger partial charge on any atom is -0.497 e. The fourth-order valence-electron chi connectivity index (χ4n) is 4.02. The summed E-state index contributed by atoms with van der Waals surface area (Å²) in [5.41, 5.74) is 1.47. The molecule has 0 aliphatic heterocycles. The van der Waals surface area contributed by atoms with Gasteiger partial charge in [-0.25, -0.2) is 0 Å². The standard InChI is InChI=1S/C25H30Cl2N2O3/c1-17(25(31)28-19-7-4-3-5-8-19)29(16-21-22(26)9-6-10-23(21)27)24(30)15-18-11-13-20(32-2)14-12-18/h6,9-14,17,19H,3-5,7-8,15-16H2,1-2H3,(H,28,31).